The number of hydrogen-bond acceptors (Lipinski definition) is 4. The van der Waals surface area contributed by atoms with Crippen molar-refractivity contribution in [3.8, 4) is 6.07 Å². The smallest absolute Gasteiger partial charge is 0.262 e. The van der Waals surface area contributed by atoms with Crippen LogP contribution in [0.15, 0.2) is 28.2 Å². The zero-order valence-electron chi connectivity index (χ0n) is 13.3. The molecule has 0 radical (unpaired) electrons. The number of amides is 1. The third-order valence-electron chi connectivity index (χ3n) is 3.64. The monoisotopic (exact) mass is 377 g/mol. The molecule has 1 aliphatic heterocycles. The van der Waals surface area contributed by atoms with Gasteiger partial charge in [0.2, 0.25) is 0 Å². The van der Waals surface area contributed by atoms with Crippen LogP contribution in [0, 0.1) is 11.3 Å². The Hall–Kier alpha value is -1.84. The standard InChI is InChI=1S/C17H20BrN3O2/c1-21(2)16-6-5-12(9-15(16)18)8-13(10-19)17(22)20-11-14-4-3-7-23-14/h5-6,8-9,14H,3-4,7,11H2,1-2H3,(H,20,22)/b13-8+. The molecule has 1 aromatic rings. The fourth-order valence-corrected chi connectivity index (χ4v) is 3.15. The van der Waals surface area contributed by atoms with Gasteiger partial charge in [0.15, 0.2) is 0 Å². The van der Waals surface area contributed by atoms with Gasteiger partial charge in [-0.2, -0.15) is 5.26 Å². The molecular formula is C17H20BrN3O2. The highest BCUT2D eigenvalue weighted by Crippen LogP contribution is 2.26. The Morgan fingerprint density at radius 3 is 2.91 bits per heavy atom. The summed E-state index contributed by atoms with van der Waals surface area (Å²) in [4.78, 5) is 14.1. The lowest BCUT2D eigenvalue weighted by Gasteiger charge is -2.14. The van der Waals surface area contributed by atoms with E-state index in [-0.39, 0.29) is 17.6 Å². The molecule has 0 bridgehead atoms. The van der Waals surface area contributed by atoms with Crippen LogP contribution >= 0.6 is 15.9 Å². The third-order valence-corrected chi connectivity index (χ3v) is 4.28. The van der Waals surface area contributed by atoms with Crippen molar-refractivity contribution in [2.45, 2.75) is 18.9 Å². The first-order chi connectivity index (χ1) is 11.0. The summed E-state index contributed by atoms with van der Waals surface area (Å²) < 4.78 is 6.37. The summed E-state index contributed by atoms with van der Waals surface area (Å²) in [5.74, 6) is -0.365. The van der Waals surface area contributed by atoms with E-state index in [1.54, 1.807) is 6.08 Å². The largest absolute Gasteiger partial charge is 0.377 e. The number of halogens is 1. The molecule has 1 N–H and O–H groups in total. The Morgan fingerprint density at radius 1 is 1.57 bits per heavy atom. The highest BCUT2D eigenvalue weighted by Gasteiger charge is 2.17. The zero-order valence-corrected chi connectivity index (χ0v) is 14.9. The van der Waals surface area contributed by atoms with E-state index < -0.39 is 0 Å². The number of anilines is 1. The Bertz CT molecular complexity index is 644. The Labute approximate surface area is 145 Å². The van der Waals surface area contributed by atoms with Crippen LogP contribution < -0.4 is 10.2 Å². The quantitative estimate of drug-likeness (QED) is 0.632. The van der Waals surface area contributed by atoms with E-state index >= 15 is 0 Å². The lowest BCUT2D eigenvalue weighted by Crippen LogP contribution is -2.32. The minimum absolute atomic E-state index is 0.0624. The number of benzene rings is 1. The molecule has 2 rings (SSSR count). The van der Waals surface area contributed by atoms with Crippen molar-refractivity contribution in [3.05, 3.63) is 33.8 Å². The molecule has 0 aliphatic carbocycles. The highest BCUT2D eigenvalue weighted by atomic mass is 79.9. The fraction of sp³-hybridized carbons (Fsp3) is 0.412. The third kappa shape index (κ3) is 4.81. The second kappa shape index (κ2) is 8.14. The number of ether oxygens (including phenoxy) is 1. The van der Waals surface area contributed by atoms with Gasteiger partial charge in [-0.05, 0) is 52.5 Å². The van der Waals surface area contributed by atoms with Gasteiger partial charge < -0.3 is 15.0 Å². The Morgan fingerprint density at radius 2 is 2.35 bits per heavy atom. The van der Waals surface area contributed by atoms with E-state index in [1.807, 2.05) is 43.3 Å². The maximum absolute atomic E-state index is 12.1. The average molecular weight is 378 g/mol. The van der Waals surface area contributed by atoms with Crippen LogP contribution in [-0.2, 0) is 9.53 Å². The van der Waals surface area contributed by atoms with E-state index in [2.05, 4.69) is 21.2 Å². The van der Waals surface area contributed by atoms with Gasteiger partial charge in [0.25, 0.3) is 5.91 Å². The minimum atomic E-state index is -0.365. The van der Waals surface area contributed by atoms with E-state index in [4.69, 9.17) is 4.74 Å². The summed E-state index contributed by atoms with van der Waals surface area (Å²) in [6.45, 7) is 1.19. The maximum atomic E-state index is 12.1. The van der Waals surface area contributed by atoms with Gasteiger partial charge >= 0.3 is 0 Å². The highest BCUT2D eigenvalue weighted by molar-refractivity contribution is 9.10. The van der Waals surface area contributed by atoms with Crippen LogP contribution in [0.4, 0.5) is 5.69 Å². The molecule has 23 heavy (non-hydrogen) atoms. The van der Waals surface area contributed by atoms with Crippen LogP contribution in [0.1, 0.15) is 18.4 Å². The van der Waals surface area contributed by atoms with Gasteiger partial charge in [-0.1, -0.05) is 6.07 Å². The summed E-state index contributed by atoms with van der Waals surface area (Å²) in [5, 5.41) is 12.0. The molecule has 5 nitrogen and oxygen atoms in total. The molecule has 0 aromatic heterocycles. The molecule has 1 aliphatic rings. The van der Waals surface area contributed by atoms with Crippen molar-refractivity contribution in [1.82, 2.24) is 5.32 Å². The molecule has 1 unspecified atom stereocenters. The average Bonchev–Trinajstić information content (AvgIpc) is 3.03. The van der Waals surface area contributed by atoms with E-state index in [9.17, 15) is 10.1 Å². The number of hydrogen-bond donors (Lipinski definition) is 1. The maximum Gasteiger partial charge on any atom is 0.262 e. The molecule has 1 aromatic carbocycles. The predicted molar refractivity (Wildman–Crippen MR) is 94.0 cm³/mol. The zero-order chi connectivity index (χ0) is 16.8. The summed E-state index contributed by atoms with van der Waals surface area (Å²) in [5.41, 5.74) is 1.92. The summed E-state index contributed by atoms with van der Waals surface area (Å²) in [6.07, 6.45) is 3.63. The summed E-state index contributed by atoms with van der Waals surface area (Å²) in [6, 6.07) is 7.67. The first kappa shape index (κ1) is 17.5. The Kier molecular flexibility index (Phi) is 6.20. The van der Waals surface area contributed by atoms with Crippen LogP contribution in [0.2, 0.25) is 0 Å². The lowest BCUT2D eigenvalue weighted by atomic mass is 10.1. The molecule has 1 heterocycles. The van der Waals surface area contributed by atoms with Crippen molar-refractivity contribution in [2.24, 2.45) is 0 Å². The second-order valence-electron chi connectivity index (χ2n) is 5.62. The minimum Gasteiger partial charge on any atom is -0.377 e. The van der Waals surface area contributed by atoms with Gasteiger partial charge in [0.05, 0.1) is 11.8 Å². The molecule has 122 valence electrons. The molecule has 1 fully saturated rings. The lowest BCUT2D eigenvalue weighted by molar-refractivity contribution is -0.117. The molecule has 1 saturated heterocycles. The van der Waals surface area contributed by atoms with Crippen molar-refractivity contribution >= 4 is 33.6 Å². The predicted octanol–water partition coefficient (Wildman–Crippen LogP) is 2.72. The summed E-state index contributed by atoms with van der Waals surface area (Å²) in [7, 11) is 3.91. The van der Waals surface area contributed by atoms with Gasteiger partial charge in [0.1, 0.15) is 11.6 Å². The number of carbonyl (C=O) groups excluding carboxylic acids is 1. The van der Waals surface area contributed by atoms with Crippen molar-refractivity contribution in [1.29, 1.82) is 5.26 Å². The topological polar surface area (TPSA) is 65.4 Å². The fourth-order valence-electron chi connectivity index (χ4n) is 2.40. The molecule has 1 amide bonds. The number of nitrogens with zero attached hydrogens (tertiary/aromatic N) is 2. The van der Waals surface area contributed by atoms with Crippen LogP contribution in [0.3, 0.4) is 0 Å². The Balaban J connectivity index is 2.06. The SMILES string of the molecule is CN(C)c1ccc(/C=C(\C#N)C(=O)NCC2CCCO2)cc1Br. The van der Waals surface area contributed by atoms with Crippen molar-refractivity contribution < 1.29 is 9.53 Å². The van der Waals surface area contributed by atoms with E-state index in [0.717, 1.165) is 35.2 Å². The molecular weight excluding hydrogens is 358 g/mol. The summed E-state index contributed by atoms with van der Waals surface area (Å²) >= 11 is 3.50. The van der Waals surface area contributed by atoms with Crippen molar-refractivity contribution in [3.63, 3.8) is 0 Å². The van der Waals surface area contributed by atoms with Gasteiger partial charge in [-0.25, -0.2) is 0 Å². The van der Waals surface area contributed by atoms with E-state index in [1.165, 1.54) is 0 Å². The first-order valence-corrected chi connectivity index (χ1v) is 8.29. The second-order valence-corrected chi connectivity index (χ2v) is 6.47. The van der Waals surface area contributed by atoms with Gasteiger partial charge in [-0.3, -0.25) is 4.79 Å². The number of carbonyl (C=O) groups is 1. The molecule has 0 saturated carbocycles. The molecule has 0 spiro atoms. The molecule has 6 heteroatoms. The van der Waals surface area contributed by atoms with E-state index in [0.29, 0.717) is 6.54 Å². The number of nitrogens with one attached hydrogen (secondary N) is 1. The first-order valence-electron chi connectivity index (χ1n) is 7.49. The van der Waals surface area contributed by atoms with Gasteiger partial charge in [-0.15, -0.1) is 0 Å². The van der Waals surface area contributed by atoms with Gasteiger partial charge in [0, 0.05) is 31.7 Å². The molecule has 1 atom stereocenters. The van der Waals surface area contributed by atoms with Crippen molar-refractivity contribution in [2.75, 3.05) is 32.1 Å². The normalized spacial score (nSPS) is 17.7. The van der Waals surface area contributed by atoms with Crippen LogP contribution in [0.25, 0.3) is 6.08 Å². The number of rotatable bonds is 5. The number of nitriles is 1. The van der Waals surface area contributed by atoms with Crippen LogP contribution in [0.5, 0.6) is 0 Å². The van der Waals surface area contributed by atoms with Crippen LogP contribution in [-0.4, -0.2) is 39.3 Å².